The van der Waals surface area contributed by atoms with Gasteiger partial charge < -0.3 is 20.6 Å². The number of nitrogen functional groups attached to an aromatic ring is 1. The Bertz CT molecular complexity index is 1060. The van der Waals surface area contributed by atoms with Gasteiger partial charge in [-0.05, 0) is 55.8 Å². The lowest BCUT2D eigenvalue weighted by atomic mass is 10.2. The van der Waals surface area contributed by atoms with Crippen LogP contribution in [0.25, 0.3) is 11.4 Å². The fourth-order valence-corrected chi connectivity index (χ4v) is 3.48. The maximum atomic E-state index is 12.6. The van der Waals surface area contributed by atoms with Crippen molar-refractivity contribution in [2.24, 2.45) is 0 Å². The van der Waals surface area contributed by atoms with Crippen molar-refractivity contribution in [3.05, 3.63) is 48.0 Å². The number of aryl methyl sites for hydroxylation is 1. The standard InChI is InChI=1S/C20H21F2N5O3S/c1-11-4-9-16(29-3)15(10-11)24-18(28)12(2)31-20-26-25-17(27(20)23)13-5-7-14(8-6-13)30-19(21)22/h4-10,12,19H,23H2,1-3H3,(H,24,28). The number of ether oxygens (including phenoxy) is 2. The predicted molar refractivity (Wildman–Crippen MR) is 114 cm³/mol. The summed E-state index contributed by atoms with van der Waals surface area (Å²) < 4.78 is 35.4. The van der Waals surface area contributed by atoms with Crippen LogP contribution in [0.4, 0.5) is 14.5 Å². The number of alkyl halides is 2. The number of benzene rings is 2. The van der Waals surface area contributed by atoms with E-state index < -0.39 is 11.9 Å². The Morgan fingerprint density at radius 3 is 2.55 bits per heavy atom. The Labute approximate surface area is 181 Å². The molecule has 3 rings (SSSR count). The van der Waals surface area contributed by atoms with Crippen LogP contribution >= 0.6 is 11.8 Å². The van der Waals surface area contributed by atoms with Gasteiger partial charge >= 0.3 is 6.61 Å². The number of halogens is 2. The Hall–Kier alpha value is -3.34. The first-order valence-electron chi connectivity index (χ1n) is 9.16. The monoisotopic (exact) mass is 449 g/mol. The molecular weight excluding hydrogens is 428 g/mol. The van der Waals surface area contributed by atoms with E-state index in [1.54, 1.807) is 25.1 Å². The summed E-state index contributed by atoms with van der Waals surface area (Å²) in [5, 5.41) is 10.7. The Morgan fingerprint density at radius 2 is 1.90 bits per heavy atom. The van der Waals surface area contributed by atoms with E-state index in [4.69, 9.17) is 10.6 Å². The number of carbonyl (C=O) groups excluding carboxylic acids is 1. The molecule has 1 heterocycles. The summed E-state index contributed by atoms with van der Waals surface area (Å²) in [6.45, 7) is 0.727. The van der Waals surface area contributed by atoms with Crippen LogP contribution in [0.5, 0.6) is 11.5 Å². The number of thioether (sulfide) groups is 1. The number of anilines is 1. The zero-order chi connectivity index (χ0) is 22.5. The number of carbonyl (C=O) groups is 1. The van der Waals surface area contributed by atoms with E-state index in [0.717, 1.165) is 17.3 Å². The van der Waals surface area contributed by atoms with Crippen molar-refractivity contribution in [3.8, 4) is 22.9 Å². The minimum absolute atomic E-state index is 0.0216. The minimum Gasteiger partial charge on any atom is -0.495 e. The largest absolute Gasteiger partial charge is 0.495 e. The molecule has 164 valence electrons. The van der Waals surface area contributed by atoms with E-state index in [1.165, 1.54) is 23.9 Å². The van der Waals surface area contributed by atoms with Gasteiger partial charge in [0.15, 0.2) is 5.82 Å². The van der Waals surface area contributed by atoms with Gasteiger partial charge in [0.2, 0.25) is 11.1 Å². The molecule has 0 aliphatic heterocycles. The number of hydrogen-bond acceptors (Lipinski definition) is 7. The predicted octanol–water partition coefficient (Wildman–Crippen LogP) is 3.70. The van der Waals surface area contributed by atoms with E-state index >= 15 is 0 Å². The molecule has 3 aromatic rings. The first-order valence-corrected chi connectivity index (χ1v) is 10.0. The molecule has 31 heavy (non-hydrogen) atoms. The summed E-state index contributed by atoms with van der Waals surface area (Å²) in [7, 11) is 1.53. The summed E-state index contributed by atoms with van der Waals surface area (Å²) in [6, 6.07) is 11.3. The van der Waals surface area contributed by atoms with Crippen LogP contribution < -0.4 is 20.6 Å². The average Bonchev–Trinajstić information content (AvgIpc) is 3.08. The molecule has 0 radical (unpaired) electrons. The van der Waals surface area contributed by atoms with E-state index in [2.05, 4.69) is 20.3 Å². The first-order chi connectivity index (χ1) is 14.8. The molecule has 0 saturated carbocycles. The third kappa shape index (κ3) is 5.43. The molecule has 1 atom stereocenters. The Balaban J connectivity index is 1.70. The molecular formula is C20H21F2N5O3S. The zero-order valence-electron chi connectivity index (χ0n) is 17.0. The number of amides is 1. The van der Waals surface area contributed by atoms with Crippen molar-refractivity contribution in [3.63, 3.8) is 0 Å². The summed E-state index contributed by atoms with van der Waals surface area (Å²) in [5.41, 5.74) is 2.11. The highest BCUT2D eigenvalue weighted by Crippen LogP contribution is 2.29. The fraction of sp³-hybridized carbons (Fsp3) is 0.250. The molecule has 0 spiro atoms. The molecule has 0 fully saturated rings. The topological polar surface area (TPSA) is 104 Å². The number of hydrogen-bond donors (Lipinski definition) is 2. The lowest BCUT2D eigenvalue weighted by Crippen LogP contribution is -2.24. The molecule has 0 aliphatic rings. The molecule has 1 unspecified atom stereocenters. The Morgan fingerprint density at radius 1 is 1.19 bits per heavy atom. The summed E-state index contributed by atoms with van der Waals surface area (Å²) >= 11 is 1.13. The van der Waals surface area contributed by atoms with Gasteiger partial charge in [-0.1, -0.05) is 17.8 Å². The maximum Gasteiger partial charge on any atom is 0.387 e. The van der Waals surface area contributed by atoms with Crippen molar-refractivity contribution in [1.82, 2.24) is 14.9 Å². The molecule has 8 nitrogen and oxygen atoms in total. The first kappa shape index (κ1) is 22.3. The molecule has 11 heteroatoms. The van der Waals surface area contributed by atoms with E-state index in [9.17, 15) is 13.6 Å². The van der Waals surface area contributed by atoms with Crippen LogP contribution in [-0.4, -0.2) is 39.8 Å². The van der Waals surface area contributed by atoms with Crippen molar-refractivity contribution in [2.75, 3.05) is 18.3 Å². The van der Waals surface area contributed by atoms with Crippen LogP contribution in [0.1, 0.15) is 12.5 Å². The van der Waals surface area contributed by atoms with Crippen molar-refractivity contribution >= 4 is 23.4 Å². The van der Waals surface area contributed by atoms with Crippen LogP contribution in [-0.2, 0) is 4.79 Å². The van der Waals surface area contributed by atoms with Crippen molar-refractivity contribution < 1.29 is 23.0 Å². The quantitative estimate of drug-likeness (QED) is 0.399. The number of aromatic nitrogens is 3. The van der Waals surface area contributed by atoms with Crippen LogP contribution in [0.3, 0.4) is 0 Å². The molecule has 0 saturated heterocycles. The highest BCUT2D eigenvalue weighted by Gasteiger charge is 2.21. The second-order valence-electron chi connectivity index (χ2n) is 6.53. The van der Waals surface area contributed by atoms with Crippen molar-refractivity contribution in [1.29, 1.82) is 0 Å². The lowest BCUT2D eigenvalue weighted by Gasteiger charge is -2.14. The van der Waals surface area contributed by atoms with Crippen LogP contribution in [0.2, 0.25) is 0 Å². The zero-order valence-corrected chi connectivity index (χ0v) is 17.8. The molecule has 2 aromatic carbocycles. The van der Waals surface area contributed by atoms with Gasteiger partial charge in [0.25, 0.3) is 0 Å². The molecule has 1 amide bonds. The van der Waals surface area contributed by atoms with E-state index in [-0.39, 0.29) is 11.7 Å². The lowest BCUT2D eigenvalue weighted by molar-refractivity contribution is -0.115. The molecule has 3 N–H and O–H groups in total. The van der Waals surface area contributed by atoms with Gasteiger partial charge in [-0.25, -0.2) is 4.68 Å². The van der Waals surface area contributed by atoms with Gasteiger partial charge in [0, 0.05) is 5.56 Å². The minimum atomic E-state index is -2.90. The summed E-state index contributed by atoms with van der Waals surface area (Å²) in [6.07, 6.45) is 0. The highest BCUT2D eigenvalue weighted by molar-refractivity contribution is 8.00. The average molecular weight is 449 g/mol. The third-order valence-corrected chi connectivity index (χ3v) is 5.32. The van der Waals surface area contributed by atoms with Gasteiger partial charge in [0.05, 0.1) is 18.0 Å². The molecule has 0 bridgehead atoms. The van der Waals surface area contributed by atoms with Crippen LogP contribution in [0, 0.1) is 6.92 Å². The number of nitrogens with zero attached hydrogens (tertiary/aromatic N) is 3. The van der Waals surface area contributed by atoms with Gasteiger partial charge in [-0.3, -0.25) is 4.79 Å². The summed E-state index contributed by atoms with van der Waals surface area (Å²) in [4.78, 5) is 12.6. The smallest absolute Gasteiger partial charge is 0.387 e. The van der Waals surface area contributed by atoms with Crippen molar-refractivity contribution in [2.45, 2.75) is 30.9 Å². The third-order valence-electron chi connectivity index (χ3n) is 4.27. The number of nitrogens with one attached hydrogen (secondary N) is 1. The normalized spacial score (nSPS) is 11.9. The second kappa shape index (κ2) is 9.65. The van der Waals surface area contributed by atoms with E-state index in [1.807, 2.05) is 19.1 Å². The van der Waals surface area contributed by atoms with Gasteiger partial charge in [0.1, 0.15) is 11.5 Å². The number of methoxy groups -OCH3 is 1. The number of rotatable bonds is 8. The second-order valence-corrected chi connectivity index (χ2v) is 7.84. The SMILES string of the molecule is COc1ccc(C)cc1NC(=O)C(C)Sc1nnc(-c2ccc(OC(F)F)cc2)n1N. The highest BCUT2D eigenvalue weighted by atomic mass is 32.2. The molecule has 1 aromatic heterocycles. The summed E-state index contributed by atoms with van der Waals surface area (Å²) in [5.74, 6) is 6.73. The number of nitrogens with two attached hydrogens (primary N) is 1. The fourth-order valence-electron chi connectivity index (χ4n) is 2.71. The van der Waals surface area contributed by atoms with Gasteiger partial charge in [-0.2, -0.15) is 8.78 Å². The molecule has 0 aliphatic carbocycles. The maximum absolute atomic E-state index is 12.6. The van der Waals surface area contributed by atoms with Gasteiger partial charge in [-0.15, -0.1) is 10.2 Å². The van der Waals surface area contributed by atoms with E-state index in [0.29, 0.717) is 28.0 Å². The van der Waals surface area contributed by atoms with Crippen LogP contribution in [0.15, 0.2) is 47.6 Å². The Kier molecular flexibility index (Phi) is 6.95.